The van der Waals surface area contributed by atoms with Gasteiger partial charge in [0.25, 0.3) is 0 Å². The molecule has 0 aliphatic rings. The van der Waals surface area contributed by atoms with Crippen LogP contribution in [0.4, 0.5) is 0 Å². The molecule has 0 bridgehead atoms. The number of carboxylic acids is 1. The summed E-state index contributed by atoms with van der Waals surface area (Å²) >= 11 is 2.30. The van der Waals surface area contributed by atoms with E-state index in [-0.39, 0.29) is 52.9 Å². The van der Waals surface area contributed by atoms with Crippen LogP contribution in [0.15, 0.2) is 59.5 Å². The fourth-order valence-electron chi connectivity index (χ4n) is 3.24. The minimum atomic E-state index is -1.44. The van der Waals surface area contributed by atoms with Crippen LogP contribution in [0.1, 0.15) is 31.9 Å². The van der Waals surface area contributed by atoms with E-state index >= 15 is 0 Å². The quantitative estimate of drug-likeness (QED) is 0.233. The van der Waals surface area contributed by atoms with Crippen LogP contribution in [-0.2, 0) is 11.2 Å². The molecule has 0 spiro atoms. The normalized spacial score (nSPS) is 11.4. The van der Waals surface area contributed by atoms with Crippen molar-refractivity contribution in [1.82, 2.24) is 8.75 Å². The largest absolute Gasteiger partial charge is 1.00 e. The van der Waals surface area contributed by atoms with Gasteiger partial charge in [0, 0.05) is 17.6 Å². The first kappa shape index (κ1) is 24.0. The summed E-state index contributed by atoms with van der Waals surface area (Å²) in [5, 5.41) is 23.1. The number of carbonyl (C=O) groups excluding carboxylic acids is 2. The molecule has 0 aliphatic carbocycles. The summed E-state index contributed by atoms with van der Waals surface area (Å²) in [5.74, 6) is -1.80. The van der Waals surface area contributed by atoms with E-state index in [9.17, 15) is 14.7 Å². The second kappa shape index (κ2) is 10.3. The van der Waals surface area contributed by atoms with Gasteiger partial charge in [-0.05, 0) is 59.3 Å². The van der Waals surface area contributed by atoms with E-state index in [0.29, 0.717) is 32.6 Å². The van der Waals surface area contributed by atoms with E-state index < -0.39 is 5.97 Å². The number of carbonyl (C=O) groups is 2. The predicted molar refractivity (Wildman–Crippen MR) is 118 cm³/mol. The van der Waals surface area contributed by atoms with Crippen LogP contribution in [0.2, 0.25) is 0 Å². The number of aryl methyl sites for hydroxylation is 1. The van der Waals surface area contributed by atoms with Crippen molar-refractivity contribution < 1.29 is 44.3 Å². The van der Waals surface area contributed by atoms with Gasteiger partial charge in [-0.15, -0.1) is 11.3 Å². The Hall–Kier alpha value is -2.67. The summed E-state index contributed by atoms with van der Waals surface area (Å²) < 4.78 is 8.31. The molecule has 2 heterocycles. The number of carboxylic acid groups (broad SMARTS) is 1. The number of nitriles is 1. The van der Waals surface area contributed by atoms with Gasteiger partial charge in [-0.2, -0.15) is 14.0 Å². The summed E-state index contributed by atoms with van der Waals surface area (Å²) in [4.78, 5) is 26.1. The minimum absolute atomic E-state index is 0. The number of hydrogen-bond acceptors (Lipinski definition) is 8. The van der Waals surface area contributed by atoms with E-state index in [2.05, 4.69) is 8.75 Å². The third kappa shape index (κ3) is 5.04. The van der Waals surface area contributed by atoms with Crippen molar-refractivity contribution in [3.63, 3.8) is 0 Å². The van der Waals surface area contributed by atoms with Crippen molar-refractivity contribution in [2.45, 2.75) is 13.3 Å². The second-order valence-electron chi connectivity index (χ2n) is 6.91. The zero-order chi connectivity index (χ0) is 22.0. The van der Waals surface area contributed by atoms with E-state index in [1.807, 2.05) is 18.4 Å². The molecule has 0 saturated heterocycles. The summed E-state index contributed by atoms with van der Waals surface area (Å²) in [6.07, 6.45) is 0.0815. The molecule has 0 atom stereocenters. The van der Waals surface area contributed by atoms with Crippen LogP contribution in [0.25, 0.3) is 16.6 Å². The number of ketones is 1. The van der Waals surface area contributed by atoms with Gasteiger partial charge in [0.2, 0.25) is 0 Å². The smallest absolute Gasteiger partial charge is 0.545 e. The zero-order valence-electron chi connectivity index (χ0n) is 17.3. The van der Waals surface area contributed by atoms with Crippen molar-refractivity contribution in [2.75, 3.05) is 0 Å². The maximum absolute atomic E-state index is 13.4. The number of thiophene rings is 1. The molecular weight excluding hydrogens is 453 g/mol. The van der Waals surface area contributed by atoms with Crippen LogP contribution in [-0.4, -0.2) is 20.5 Å². The Morgan fingerprint density at radius 1 is 1.06 bits per heavy atom. The molecule has 0 aliphatic heterocycles. The number of fused-ring (bicyclic) bond motifs is 1. The van der Waals surface area contributed by atoms with Crippen molar-refractivity contribution in [3.05, 3.63) is 86.6 Å². The molecule has 0 amide bonds. The number of rotatable bonds is 6. The van der Waals surface area contributed by atoms with Gasteiger partial charge < -0.3 is 9.90 Å². The predicted octanol–water partition coefficient (Wildman–Crippen LogP) is 0.566. The number of benzene rings is 2. The Balaban J connectivity index is 0.00000289. The van der Waals surface area contributed by atoms with Crippen molar-refractivity contribution in [3.8, 4) is 6.07 Å². The second-order valence-corrected chi connectivity index (χ2v) is 8.35. The molecular formula is C23H14N3NaO3S2. The third-order valence-electron chi connectivity index (χ3n) is 4.74. The van der Waals surface area contributed by atoms with Crippen LogP contribution in [0, 0.1) is 18.3 Å². The van der Waals surface area contributed by atoms with Crippen LogP contribution in [0.5, 0.6) is 0 Å². The Morgan fingerprint density at radius 3 is 2.41 bits per heavy atom. The van der Waals surface area contributed by atoms with E-state index in [0.717, 1.165) is 17.3 Å². The summed E-state index contributed by atoms with van der Waals surface area (Å²) in [5.41, 5.74) is 3.62. The Bertz CT molecular complexity index is 1380. The molecule has 2 aromatic carbocycles. The van der Waals surface area contributed by atoms with Crippen LogP contribution >= 0.6 is 23.1 Å². The standard InChI is InChI=1S/C23H15N3O3S2.Na/c1-13-8-20(30-12-13)22(27)17(9-14-2-4-15(11-24)5-3-14)21(23(28)29)16-6-7-18-19(10-16)26-31-25-18;/h2-8,10,12H,9H2,1H3,(H,28,29);/q;+1/p-1. The van der Waals surface area contributed by atoms with Gasteiger partial charge in [-0.3, -0.25) is 4.79 Å². The van der Waals surface area contributed by atoms with Crippen LogP contribution in [0.3, 0.4) is 0 Å². The van der Waals surface area contributed by atoms with Gasteiger partial charge in [0.15, 0.2) is 5.78 Å². The first-order valence-electron chi connectivity index (χ1n) is 9.22. The Kier molecular flexibility index (Phi) is 7.72. The molecule has 0 saturated carbocycles. The summed E-state index contributed by atoms with van der Waals surface area (Å²) in [6.45, 7) is 1.88. The molecule has 0 radical (unpaired) electrons. The molecule has 2 aromatic heterocycles. The summed E-state index contributed by atoms with van der Waals surface area (Å²) in [7, 11) is 0. The zero-order valence-corrected chi connectivity index (χ0v) is 20.9. The first-order chi connectivity index (χ1) is 15.0. The Labute approximate surface area is 214 Å². The summed E-state index contributed by atoms with van der Waals surface area (Å²) in [6, 6.07) is 15.4. The number of aromatic nitrogens is 2. The van der Waals surface area contributed by atoms with Gasteiger partial charge >= 0.3 is 29.6 Å². The maximum Gasteiger partial charge on any atom is 1.00 e. The maximum atomic E-state index is 13.4. The SMILES string of the molecule is Cc1csc(C(=O)C(Cc2ccc(C#N)cc2)=C(C(=O)[O-])c2ccc3nsnc3c2)c1.[Na+]. The van der Waals surface area contributed by atoms with E-state index in [4.69, 9.17) is 5.26 Å². The molecule has 0 N–H and O–H groups in total. The monoisotopic (exact) mass is 467 g/mol. The average Bonchev–Trinajstić information content (AvgIpc) is 3.41. The molecule has 152 valence electrons. The number of allylic oxidation sites excluding steroid dienone is 1. The molecule has 4 rings (SSSR count). The molecule has 0 fully saturated rings. The average molecular weight is 468 g/mol. The Morgan fingerprint density at radius 2 is 1.78 bits per heavy atom. The van der Waals surface area contributed by atoms with E-state index in [1.54, 1.807) is 48.5 Å². The molecule has 9 heteroatoms. The molecule has 4 aromatic rings. The third-order valence-corrected chi connectivity index (χ3v) is 6.34. The first-order valence-corrected chi connectivity index (χ1v) is 10.8. The van der Waals surface area contributed by atoms with Crippen molar-refractivity contribution in [2.24, 2.45) is 0 Å². The van der Waals surface area contributed by atoms with Crippen molar-refractivity contribution >= 4 is 51.4 Å². The number of hydrogen-bond donors (Lipinski definition) is 0. The topological polar surface area (TPSA) is 107 Å². The van der Waals surface area contributed by atoms with Gasteiger partial charge in [0.1, 0.15) is 11.0 Å². The number of nitrogens with zero attached hydrogens (tertiary/aromatic N) is 3. The van der Waals surface area contributed by atoms with Gasteiger partial charge in [-0.25, -0.2) is 0 Å². The van der Waals surface area contributed by atoms with E-state index in [1.165, 1.54) is 11.3 Å². The molecule has 0 unspecified atom stereocenters. The van der Waals surface area contributed by atoms with Gasteiger partial charge in [-0.1, -0.05) is 18.2 Å². The number of Topliss-reactive ketones (excluding diaryl/α,β-unsaturated/α-hetero) is 1. The van der Waals surface area contributed by atoms with Crippen molar-refractivity contribution in [1.29, 1.82) is 5.26 Å². The molecule has 6 nitrogen and oxygen atoms in total. The fourth-order valence-corrected chi connectivity index (χ4v) is 4.62. The number of aliphatic carboxylic acids is 1. The van der Waals surface area contributed by atoms with Crippen LogP contribution < -0.4 is 34.7 Å². The molecule has 32 heavy (non-hydrogen) atoms. The fraction of sp³-hybridized carbons (Fsp3) is 0.0870. The van der Waals surface area contributed by atoms with Gasteiger partial charge in [0.05, 0.1) is 34.2 Å². The minimum Gasteiger partial charge on any atom is -0.545 e.